The average molecular weight is 265 g/mol. The standard InChI is InChI=1S/C13H13ClN2O2/c1-7-6-10(14)4-5-11(7)16-9(3)15-8(2)12(16)13(17)18/h4-6H,1-3H3,(H,17,18). The van der Waals surface area contributed by atoms with Crippen LogP contribution in [-0.4, -0.2) is 20.6 Å². The fourth-order valence-corrected chi connectivity index (χ4v) is 2.31. The Bertz CT molecular complexity index is 632. The molecule has 0 saturated heterocycles. The first-order valence-electron chi connectivity index (χ1n) is 5.47. The van der Waals surface area contributed by atoms with Crippen molar-refractivity contribution in [3.63, 3.8) is 0 Å². The molecule has 0 aliphatic heterocycles. The van der Waals surface area contributed by atoms with Crippen LogP contribution in [0.1, 0.15) is 27.6 Å². The van der Waals surface area contributed by atoms with Gasteiger partial charge in [-0.2, -0.15) is 0 Å². The number of carbonyl (C=O) groups is 1. The average Bonchev–Trinajstić information content (AvgIpc) is 2.53. The number of benzene rings is 1. The maximum Gasteiger partial charge on any atom is 0.354 e. The van der Waals surface area contributed by atoms with Gasteiger partial charge in [0.05, 0.1) is 11.4 Å². The van der Waals surface area contributed by atoms with Gasteiger partial charge in [0.15, 0.2) is 5.69 Å². The van der Waals surface area contributed by atoms with Gasteiger partial charge in [-0.15, -0.1) is 0 Å². The molecule has 94 valence electrons. The highest BCUT2D eigenvalue weighted by Crippen LogP contribution is 2.23. The number of carboxylic acids is 1. The van der Waals surface area contributed by atoms with Crippen molar-refractivity contribution in [2.24, 2.45) is 0 Å². The third-order valence-electron chi connectivity index (χ3n) is 2.82. The lowest BCUT2D eigenvalue weighted by Gasteiger charge is -2.11. The molecule has 0 radical (unpaired) electrons. The first-order valence-corrected chi connectivity index (χ1v) is 5.85. The van der Waals surface area contributed by atoms with Gasteiger partial charge in [0.1, 0.15) is 5.82 Å². The van der Waals surface area contributed by atoms with Crippen molar-refractivity contribution < 1.29 is 9.90 Å². The van der Waals surface area contributed by atoms with Crippen LogP contribution >= 0.6 is 11.6 Å². The maximum atomic E-state index is 11.3. The number of hydrogen-bond acceptors (Lipinski definition) is 2. The largest absolute Gasteiger partial charge is 0.477 e. The van der Waals surface area contributed by atoms with Gasteiger partial charge >= 0.3 is 5.97 Å². The zero-order valence-corrected chi connectivity index (χ0v) is 11.1. The molecule has 1 heterocycles. The Kier molecular flexibility index (Phi) is 3.13. The number of hydrogen-bond donors (Lipinski definition) is 1. The summed E-state index contributed by atoms with van der Waals surface area (Å²) < 4.78 is 1.64. The summed E-state index contributed by atoms with van der Waals surface area (Å²) >= 11 is 5.91. The Balaban J connectivity index is 2.74. The third kappa shape index (κ3) is 1.99. The summed E-state index contributed by atoms with van der Waals surface area (Å²) in [6.07, 6.45) is 0. The highest BCUT2D eigenvalue weighted by Gasteiger charge is 2.20. The lowest BCUT2D eigenvalue weighted by Crippen LogP contribution is -2.10. The fraction of sp³-hybridized carbons (Fsp3) is 0.231. The smallest absolute Gasteiger partial charge is 0.354 e. The second kappa shape index (κ2) is 4.46. The maximum absolute atomic E-state index is 11.3. The molecule has 0 unspecified atom stereocenters. The summed E-state index contributed by atoms with van der Waals surface area (Å²) in [6.45, 7) is 5.37. The van der Waals surface area contributed by atoms with Gasteiger partial charge in [-0.1, -0.05) is 11.6 Å². The van der Waals surface area contributed by atoms with Gasteiger partial charge in [-0.3, -0.25) is 4.57 Å². The summed E-state index contributed by atoms with van der Waals surface area (Å²) in [5.74, 6) is -0.335. The Labute approximate surface area is 110 Å². The number of nitrogens with zero attached hydrogens (tertiary/aromatic N) is 2. The van der Waals surface area contributed by atoms with E-state index >= 15 is 0 Å². The number of aromatic carboxylic acids is 1. The van der Waals surface area contributed by atoms with E-state index in [2.05, 4.69) is 4.98 Å². The highest BCUT2D eigenvalue weighted by molar-refractivity contribution is 6.30. The van der Waals surface area contributed by atoms with Gasteiger partial charge < -0.3 is 5.11 Å². The number of imidazole rings is 1. The third-order valence-corrected chi connectivity index (χ3v) is 3.06. The van der Waals surface area contributed by atoms with Gasteiger partial charge in [-0.25, -0.2) is 9.78 Å². The normalized spacial score (nSPS) is 10.7. The van der Waals surface area contributed by atoms with Crippen molar-refractivity contribution >= 4 is 17.6 Å². The highest BCUT2D eigenvalue weighted by atomic mass is 35.5. The lowest BCUT2D eigenvalue weighted by molar-refractivity contribution is 0.0687. The fourth-order valence-electron chi connectivity index (χ4n) is 2.08. The molecule has 2 aromatic rings. The molecular formula is C13H13ClN2O2. The molecule has 1 N–H and O–H groups in total. The first-order chi connectivity index (χ1) is 8.41. The van der Waals surface area contributed by atoms with E-state index in [-0.39, 0.29) is 5.69 Å². The summed E-state index contributed by atoms with van der Waals surface area (Å²) in [7, 11) is 0. The predicted molar refractivity (Wildman–Crippen MR) is 69.7 cm³/mol. The first kappa shape index (κ1) is 12.6. The number of aryl methyl sites for hydroxylation is 3. The zero-order valence-electron chi connectivity index (χ0n) is 10.4. The van der Waals surface area contributed by atoms with Crippen LogP contribution in [0.3, 0.4) is 0 Å². The van der Waals surface area contributed by atoms with E-state index in [0.29, 0.717) is 16.5 Å². The number of carboxylic acid groups (broad SMARTS) is 1. The van der Waals surface area contributed by atoms with Crippen LogP contribution in [0.5, 0.6) is 0 Å². The van der Waals surface area contributed by atoms with Crippen LogP contribution in [0.2, 0.25) is 5.02 Å². The lowest BCUT2D eigenvalue weighted by atomic mass is 10.2. The molecule has 0 saturated carbocycles. The monoisotopic (exact) mass is 264 g/mol. The molecule has 1 aromatic heterocycles. The molecule has 18 heavy (non-hydrogen) atoms. The quantitative estimate of drug-likeness (QED) is 0.907. The topological polar surface area (TPSA) is 55.1 Å². The Morgan fingerprint density at radius 1 is 1.33 bits per heavy atom. The van der Waals surface area contributed by atoms with E-state index in [0.717, 1.165) is 11.3 Å². The number of aromatic nitrogens is 2. The molecule has 0 spiro atoms. The van der Waals surface area contributed by atoms with Gasteiger partial charge in [0.2, 0.25) is 0 Å². The SMILES string of the molecule is Cc1cc(Cl)ccc1-n1c(C)nc(C)c1C(=O)O. The van der Waals surface area contributed by atoms with Crippen molar-refractivity contribution in [3.8, 4) is 5.69 Å². The predicted octanol–water partition coefficient (Wildman–Crippen LogP) is 3.15. The summed E-state index contributed by atoms with van der Waals surface area (Å²) in [4.78, 5) is 15.5. The number of halogens is 1. The second-order valence-corrected chi connectivity index (χ2v) is 4.60. The van der Waals surface area contributed by atoms with Crippen molar-refractivity contribution in [1.29, 1.82) is 0 Å². The summed E-state index contributed by atoms with van der Waals surface area (Å²) in [5, 5.41) is 9.91. The minimum atomic E-state index is -0.984. The van der Waals surface area contributed by atoms with Gasteiger partial charge in [0.25, 0.3) is 0 Å². The summed E-state index contributed by atoms with van der Waals surface area (Å²) in [5.41, 5.74) is 2.40. The zero-order chi connectivity index (χ0) is 13.4. The molecule has 5 heteroatoms. The van der Waals surface area contributed by atoms with Crippen molar-refractivity contribution in [2.45, 2.75) is 20.8 Å². The van der Waals surface area contributed by atoms with Crippen LogP contribution in [-0.2, 0) is 0 Å². The van der Waals surface area contributed by atoms with E-state index in [1.165, 1.54) is 0 Å². The van der Waals surface area contributed by atoms with Crippen LogP contribution in [0.25, 0.3) is 5.69 Å². The molecule has 0 aliphatic carbocycles. The Morgan fingerprint density at radius 2 is 2.00 bits per heavy atom. The van der Waals surface area contributed by atoms with Crippen molar-refractivity contribution in [3.05, 3.63) is 46.0 Å². The van der Waals surface area contributed by atoms with E-state index in [4.69, 9.17) is 11.6 Å². The molecule has 1 aromatic carbocycles. The van der Waals surface area contributed by atoms with Crippen LogP contribution < -0.4 is 0 Å². The van der Waals surface area contributed by atoms with Gasteiger partial charge in [0, 0.05) is 5.02 Å². The minimum Gasteiger partial charge on any atom is -0.477 e. The molecule has 0 fully saturated rings. The second-order valence-electron chi connectivity index (χ2n) is 4.16. The molecule has 0 amide bonds. The van der Waals surface area contributed by atoms with E-state index in [9.17, 15) is 9.90 Å². The van der Waals surface area contributed by atoms with Gasteiger partial charge in [-0.05, 0) is 44.5 Å². The molecule has 2 rings (SSSR count). The van der Waals surface area contributed by atoms with Crippen LogP contribution in [0, 0.1) is 20.8 Å². The Morgan fingerprint density at radius 3 is 2.56 bits per heavy atom. The van der Waals surface area contributed by atoms with E-state index < -0.39 is 5.97 Å². The molecule has 4 nitrogen and oxygen atoms in total. The van der Waals surface area contributed by atoms with E-state index in [1.807, 2.05) is 6.92 Å². The van der Waals surface area contributed by atoms with Crippen LogP contribution in [0.4, 0.5) is 0 Å². The number of rotatable bonds is 2. The summed E-state index contributed by atoms with van der Waals surface area (Å²) in [6, 6.07) is 5.35. The van der Waals surface area contributed by atoms with Crippen LogP contribution in [0.15, 0.2) is 18.2 Å². The van der Waals surface area contributed by atoms with Crippen molar-refractivity contribution in [2.75, 3.05) is 0 Å². The molecule has 0 atom stereocenters. The molecule has 0 bridgehead atoms. The van der Waals surface area contributed by atoms with Crippen molar-refractivity contribution in [1.82, 2.24) is 9.55 Å². The molecule has 0 aliphatic rings. The Hall–Kier alpha value is -1.81. The van der Waals surface area contributed by atoms with E-state index in [1.54, 1.807) is 36.6 Å². The molecular weight excluding hydrogens is 252 g/mol. The minimum absolute atomic E-state index is 0.193.